The summed E-state index contributed by atoms with van der Waals surface area (Å²) in [5, 5.41) is 0.799. The molecule has 2 saturated heterocycles. The van der Waals surface area contributed by atoms with E-state index in [1.165, 1.54) is 11.3 Å². The zero-order chi connectivity index (χ0) is 19.8. The lowest BCUT2D eigenvalue weighted by atomic mass is 10.0. The Morgan fingerprint density at radius 1 is 1.07 bits per heavy atom. The molecule has 2 aromatic rings. The van der Waals surface area contributed by atoms with E-state index in [0.29, 0.717) is 37.0 Å². The molecule has 29 heavy (non-hydrogen) atoms. The van der Waals surface area contributed by atoms with Crippen molar-refractivity contribution in [1.82, 2.24) is 9.88 Å². The summed E-state index contributed by atoms with van der Waals surface area (Å²) in [5.41, 5.74) is 1.03. The van der Waals surface area contributed by atoms with Crippen LogP contribution in [-0.2, 0) is 16.1 Å². The van der Waals surface area contributed by atoms with Crippen LogP contribution in [0.2, 0.25) is 0 Å². The molecule has 1 unspecified atom stereocenters. The Morgan fingerprint density at radius 3 is 2.66 bits per heavy atom. The fourth-order valence-electron chi connectivity index (χ4n) is 4.28. The molecule has 5 rings (SSSR count). The maximum Gasteiger partial charge on any atom is 0.268 e. The standard InChI is InChI=1S/C21H24N4O3S/c26-19-16-8-4-5-9-24(16)20(27)17-18(25(19)14-15-6-2-1-3-7-15)22-21(29-17)23-10-12-28-13-11-23/h1-3,6-7,16H,4-5,8-14H2. The topological polar surface area (TPSA) is 66.0 Å². The molecule has 0 spiro atoms. The van der Waals surface area contributed by atoms with Gasteiger partial charge in [0.2, 0.25) is 0 Å². The zero-order valence-electron chi connectivity index (χ0n) is 16.2. The van der Waals surface area contributed by atoms with Gasteiger partial charge in [0.1, 0.15) is 10.9 Å². The summed E-state index contributed by atoms with van der Waals surface area (Å²) < 4.78 is 5.45. The van der Waals surface area contributed by atoms with Gasteiger partial charge in [-0.3, -0.25) is 14.5 Å². The fraction of sp³-hybridized carbons (Fsp3) is 0.476. The Kier molecular flexibility index (Phi) is 4.97. The summed E-state index contributed by atoms with van der Waals surface area (Å²) in [7, 11) is 0. The molecule has 2 amide bonds. The normalized spacial score (nSPS) is 22.3. The molecule has 7 nitrogen and oxygen atoms in total. The van der Waals surface area contributed by atoms with Crippen molar-refractivity contribution in [3.63, 3.8) is 0 Å². The number of thiazole rings is 1. The summed E-state index contributed by atoms with van der Waals surface area (Å²) >= 11 is 1.41. The number of ether oxygens (including phenoxy) is 1. The maximum atomic E-state index is 13.5. The van der Waals surface area contributed by atoms with Crippen molar-refractivity contribution in [2.75, 3.05) is 42.6 Å². The molecule has 152 valence electrons. The van der Waals surface area contributed by atoms with Gasteiger partial charge in [-0.15, -0.1) is 0 Å². The molecule has 2 fully saturated rings. The molecule has 3 aliphatic heterocycles. The van der Waals surface area contributed by atoms with Crippen molar-refractivity contribution in [1.29, 1.82) is 0 Å². The molecule has 0 aliphatic carbocycles. The third-order valence-electron chi connectivity index (χ3n) is 5.83. The molecule has 1 aromatic carbocycles. The van der Waals surface area contributed by atoms with Gasteiger partial charge in [0.25, 0.3) is 11.8 Å². The Hall–Kier alpha value is -2.45. The van der Waals surface area contributed by atoms with Gasteiger partial charge < -0.3 is 14.5 Å². The van der Waals surface area contributed by atoms with Gasteiger partial charge in [0.05, 0.1) is 19.8 Å². The number of nitrogens with zero attached hydrogens (tertiary/aromatic N) is 4. The minimum atomic E-state index is -0.381. The summed E-state index contributed by atoms with van der Waals surface area (Å²) in [5.74, 6) is 0.454. The van der Waals surface area contributed by atoms with Crippen LogP contribution in [0.4, 0.5) is 10.9 Å². The van der Waals surface area contributed by atoms with Gasteiger partial charge >= 0.3 is 0 Å². The number of hydrogen-bond acceptors (Lipinski definition) is 6. The second kappa shape index (κ2) is 7.76. The quantitative estimate of drug-likeness (QED) is 0.775. The average molecular weight is 413 g/mol. The molecule has 4 heterocycles. The van der Waals surface area contributed by atoms with E-state index < -0.39 is 0 Å². The van der Waals surface area contributed by atoms with Gasteiger partial charge in [-0.1, -0.05) is 41.7 Å². The number of hydrogen-bond donors (Lipinski definition) is 0. The van der Waals surface area contributed by atoms with Crippen LogP contribution in [0, 0.1) is 0 Å². The molecule has 0 bridgehead atoms. The molecule has 3 aliphatic rings. The smallest absolute Gasteiger partial charge is 0.268 e. The van der Waals surface area contributed by atoms with Gasteiger partial charge in [-0.25, -0.2) is 4.98 Å². The molecule has 0 radical (unpaired) electrons. The molecular formula is C21H24N4O3S. The van der Waals surface area contributed by atoms with Crippen LogP contribution in [0.5, 0.6) is 0 Å². The Labute approximate surface area is 173 Å². The lowest BCUT2D eigenvalue weighted by molar-refractivity contribution is -0.124. The van der Waals surface area contributed by atoms with Crippen molar-refractivity contribution in [2.24, 2.45) is 0 Å². The highest BCUT2D eigenvalue weighted by atomic mass is 32.1. The highest BCUT2D eigenvalue weighted by Gasteiger charge is 2.43. The van der Waals surface area contributed by atoms with Crippen molar-refractivity contribution in [3.8, 4) is 0 Å². The van der Waals surface area contributed by atoms with Crippen molar-refractivity contribution >= 4 is 34.1 Å². The van der Waals surface area contributed by atoms with Crippen LogP contribution in [-0.4, -0.2) is 60.6 Å². The van der Waals surface area contributed by atoms with Crippen molar-refractivity contribution < 1.29 is 14.3 Å². The average Bonchev–Trinajstić information content (AvgIpc) is 3.20. The largest absolute Gasteiger partial charge is 0.378 e. The highest BCUT2D eigenvalue weighted by molar-refractivity contribution is 7.18. The number of amides is 2. The van der Waals surface area contributed by atoms with E-state index in [1.54, 1.807) is 9.80 Å². The molecule has 0 N–H and O–H groups in total. The maximum absolute atomic E-state index is 13.5. The number of rotatable bonds is 3. The van der Waals surface area contributed by atoms with Gasteiger partial charge in [0.15, 0.2) is 10.9 Å². The number of benzene rings is 1. The van der Waals surface area contributed by atoms with Gasteiger partial charge in [-0.05, 0) is 24.8 Å². The first-order valence-electron chi connectivity index (χ1n) is 10.2. The molecule has 1 atom stereocenters. The van der Waals surface area contributed by atoms with Crippen LogP contribution in [0.25, 0.3) is 0 Å². The van der Waals surface area contributed by atoms with E-state index in [2.05, 4.69) is 4.90 Å². The first kappa shape index (κ1) is 18.6. The molecule has 8 heteroatoms. The van der Waals surface area contributed by atoms with E-state index in [1.807, 2.05) is 30.3 Å². The third-order valence-corrected chi connectivity index (χ3v) is 6.92. The Morgan fingerprint density at radius 2 is 1.86 bits per heavy atom. The lowest BCUT2D eigenvalue weighted by Crippen LogP contribution is -2.50. The third kappa shape index (κ3) is 3.40. The number of anilines is 2. The summed E-state index contributed by atoms with van der Waals surface area (Å²) in [6.45, 7) is 3.87. The van der Waals surface area contributed by atoms with Gasteiger partial charge in [-0.2, -0.15) is 0 Å². The van der Waals surface area contributed by atoms with Crippen molar-refractivity contribution in [3.05, 3.63) is 40.8 Å². The number of aromatic nitrogens is 1. The Balaban J connectivity index is 1.57. The second-order valence-electron chi connectivity index (χ2n) is 7.67. The first-order valence-corrected chi connectivity index (χ1v) is 11.0. The van der Waals surface area contributed by atoms with E-state index in [9.17, 15) is 9.59 Å². The summed E-state index contributed by atoms with van der Waals surface area (Å²) in [6.07, 6.45) is 2.64. The number of carbonyl (C=O) groups is 2. The predicted octanol–water partition coefficient (Wildman–Crippen LogP) is 2.52. The zero-order valence-corrected chi connectivity index (χ0v) is 17.1. The van der Waals surface area contributed by atoms with Crippen LogP contribution in [0.15, 0.2) is 30.3 Å². The minimum Gasteiger partial charge on any atom is -0.378 e. The summed E-state index contributed by atoms with van der Waals surface area (Å²) in [6, 6.07) is 9.54. The monoisotopic (exact) mass is 412 g/mol. The van der Waals surface area contributed by atoms with Crippen LogP contribution in [0.1, 0.15) is 34.5 Å². The van der Waals surface area contributed by atoms with E-state index >= 15 is 0 Å². The number of morpholine rings is 1. The van der Waals surface area contributed by atoms with E-state index in [0.717, 1.165) is 43.0 Å². The molecule has 0 saturated carbocycles. The second-order valence-corrected chi connectivity index (χ2v) is 8.65. The molecular weight excluding hydrogens is 388 g/mol. The van der Waals surface area contributed by atoms with Crippen LogP contribution < -0.4 is 9.80 Å². The highest BCUT2D eigenvalue weighted by Crippen LogP contribution is 2.39. The number of piperidine rings is 1. The fourth-order valence-corrected chi connectivity index (χ4v) is 5.36. The molecule has 1 aromatic heterocycles. The predicted molar refractivity (Wildman–Crippen MR) is 111 cm³/mol. The van der Waals surface area contributed by atoms with Crippen molar-refractivity contribution in [2.45, 2.75) is 31.8 Å². The number of fused-ring (bicyclic) bond motifs is 2. The summed E-state index contributed by atoms with van der Waals surface area (Å²) in [4.78, 5) is 38.0. The lowest BCUT2D eigenvalue weighted by Gasteiger charge is -2.34. The SMILES string of the molecule is O=C1C2CCCCN2C(=O)c2sc(N3CCOCC3)nc2N1Cc1ccccc1. The number of carbonyl (C=O) groups excluding carboxylic acids is 2. The first-order chi connectivity index (χ1) is 14.2. The minimum absolute atomic E-state index is 0.0144. The van der Waals surface area contributed by atoms with Crippen LogP contribution >= 0.6 is 11.3 Å². The van der Waals surface area contributed by atoms with E-state index in [-0.39, 0.29) is 17.9 Å². The van der Waals surface area contributed by atoms with Gasteiger partial charge in [0, 0.05) is 19.6 Å². The van der Waals surface area contributed by atoms with E-state index in [4.69, 9.17) is 9.72 Å². The van der Waals surface area contributed by atoms with Crippen LogP contribution in [0.3, 0.4) is 0 Å². The Bertz CT molecular complexity index is 910.